The average Bonchev–Trinajstić information content (AvgIpc) is 3.09. The Labute approximate surface area is 171 Å². The third-order valence-electron chi connectivity index (χ3n) is 6.81. The van der Waals surface area contributed by atoms with E-state index in [-0.39, 0.29) is 11.8 Å². The van der Waals surface area contributed by atoms with Crippen LogP contribution >= 0.6 is 0 Å². The van der Waals surface area contributed by atoms with Gasteiger partial charge in [0.2, 0.25) is 0 Å². The number of benzene rings is 1. The first-order chi connectivity index (χ1) is 14.2. The van der Waals surface area contributed by atoms with Gasteiger partial charge < -0.3 is 10.0 Å². The monoisotopic (exact) mass is 376 g/mol. The highest BCUT2D eigenvalue weighted by Gasteiger charge is 2.40. The molecule has 3 heteroatoms. The fraction of sp³-hybridized carbons (Fsp3) is 0.154. The Balaban J connectivity index is 1.39. The van der Waals surface area contributed by atoms with E-state index in [2.05, 4.69) is 78.9 Å². The fourth-order valence-electron chi connectivity index (χ4n) is 5.46. The molecular formula is C26H21BO2. The highest BCUT2D eigenvalue weighted by Crippen LogP contribution is 2.55. The Kier molecular flexibility index (Phi) is 3.71. The second-order valence-electron chi connectivity index (χ2n) is 8.34. The van der Waals surface area contributed by atoms with Crippen molar-refractivity contribution in [2.75, 3.05) is 0 Å². The van der Waals surface area contributed by atoms with E-state index in [0.29, 0.717) is 17.3 Å². The summed E-state index contributed by atoms with van der Waals surface area (Å²) >= 11 is 0. The Bertz CT molecular complexity index is 1150. The summed E-state index contributed by atoms with van der Waals surface area (Å²) in [5.74, 6) is 1.26. The van der Waals surface area contributed by atoms with Crippen molar-refractivity contribution in [2.45, 2.75) is 5.92 Å². The number of allylic oxidation sites excluding steroid dienone is 16. The molecule has 1 aromatic rings. The van der Waals surface area contributed by atoms with Crippen LogP contribution in [0.1, 0.15) is 17.0 Å². The summed E-state index contributed by atoms with van der Waals surface area (Å²) in [6, 6.07) is 8.80. The topological polar surface area (TPSA) is 40.5 Å². The van der Waals surface area contributed by atoms with E-state index in [9.17, 15) is 10.0 Å². The molecule has 0 saturated heterocycles. The van der Waals surface area contributed by atoms with Crippen LogP contribution in [0.3, 0.4) is 0 Å². The van der Waals surface area contributed by atoms with Gasteiger partial charge in [0, 0.05) is 23.7 Å². The SMILES string of the molecule is OB(O)C1=CC2C=CC(C3=C4C=CC=C5c6ccccc6C(C=C3)C54)=CC2C=C1. The minimum absolute atomic E-state index is 0.180. The fourth-order valence-corrected chi connectivity index (χ4v) is 5.46. The van der Waals surface area contributed by atoms with Gasteiger partial charge in [0.1, 0.15) is 0 Å². The van der Waals surface area contributed by atoms with Crippen molar-refractivity contribution in [3.05, 3.63) is 124 Å². The van der Waals surface area contributed by atoms with Gasteiger partial charge in [0.25, 0.3) is 0 Å². The Hall–Kier alpha value is -2.88. The first-order valence-corrected chi connectivity index (χ1v) is 10.3. The van der Waals surface area contributed by atoms with E-state index in [1.807, 2.05) is 12.2 Å². The maximum atomic E-state index is 9.45. The first kappa shape index (κ1) is 17.0. The Morgan fingerprint density at radius 2 is 1.66 bits per heavy atom. The Morgan fingerprint density at radius 1 is 0.828 bits per heavy atom. The summed E-state index contributed by atoms with van der Waals surface area (Å²) in [6.45, 7) is 0. The summed E-state index contributed by atoms with van der Waals surface area (Å²) in [4.78, 5) is 0. The zero-order valence-corrected chi connectivity index (χ0v) is 15.9. The van der Waals surface area contributed by atoms with Gasteiger partial charge in [-0.15, -0.1) is 0 Å². The maximum Gasteiger partial charge on any atom is 0.488 e. The normalized spacial score (nSPS) is 30.3. The number of hydrogen-bond acceptors (Lipinski definition) is 2. The lowest BCUT2D eigenvalue weighted by Gasteiger charge is -2.31. The van der Waals surface area contributed by atoms with Crippen molar-refractivity contribution in [1.29, 1.82) is 0 Å². The highest BCUT2D eigenvalue weighted by atomic mass is 16.4. The minimum Gasteiger partial charge on any atom is -0.423 e. The predicted molar refractivity (Wildman–Crippen MR) is 118 cm³/mol. The van der Waals surface area contributed by atoms with Gasteiger partial charge in [0.15, 0.2) is 0 Å². The molecule has 4 atom stereocenters. The van der Waals surface area contributed by atoms with Gasteiger partial charge in [0.05, 0.1) is 0 Å². The van der Waals surface area contributed by atoms with Crippen LogP contribution in [0.5, 0.6) is 0 Å². The van der Waals surface area contributed by atoms with Gasteiger partial charge in [-0.3, -0.25) is 0 Å². The lowest BCUT2D eigenvalue weighted by atomic mass is 9.69. The molecule has 2 N–H and O–H groups in total. The summed E-state index contributed by atoms with van der Waals surface area (Å²) in [5, 5.41) is 18.9. The molecule has 0 heterocycles. The molecule has 29 heavy (non-hydrogen) atoms. The van der Waals surface area contributed by atoms with Crippen LogP contribution in [-0.2, 0) is 0 Å². The molecule has 5 aliphatic rings. The molecule has 0 aliphatic heterocycles. The second-order valence-corrected chi connectivity index (χ2v) is 8.34. The van der Waals surface area contributed by atoms with Crippen LogP contribution in [0.2, 0.25) is 0 Å². The predicted octanol–water partition coefficient (Wildman–Crippen LogP) is 4.46. The summed E-state index contributed by atoms with van der Waals surface area (Å²) < 4.78 is 0. The zero-order valence-electron chi connectivity index (χ0n) is 15.9. The standard InChI is InChI=1S/C26H21BO2/c28-27(29)19-11-10-16-14-18(9-8-17(16)15-19)20-12-13-25-22-5-2-1-4-21(22)24-7-3-6-23(20)26(24)25/h1-17,25-26,28-29H. The van der Waals surface area contributed by atoms with E-state index in [4.69, 9.17) is 0 Å². The molecule has 140 valence electrons. The van der Waals surface area contributed by atoms with Crippen LogP contribution in [0.25, 0.3) is 5.57 Å². The molecular weight excluding hydrogens is 355 g/mol. The molecule has 4 unspecified atom stereocenters. The molecule has 2 nitrogen and oxygen atoms in total. The third-order valence-corrected chi connectivity index (χ3v) is 6.81. The van der Waals surface area contributed by atoms with Crippen molar-refractivity contribution in [1.82, 2.24) is 0 Å². The van der Waals surface area contributed by atoms with Crippen LogP contribution in [0, 0.1) is 17.8 Å². The lowest BCUT2D eigenvalue weighted by Crippen LogP contribution is -2.21. The van der Waals surface area contributed by atoms with Crippen LogP contribution in [0.4, 0.5) is 0 Å². The largest absolute Gasteiger partial charge is 0.488 e. The van der Waals surface area contributed by atoms with Crippen molar-refractivity contribution in [3.8, 4) is 0 Å². The molecule has 0 amide bonds. The van der Waals surface area contributed by atoms with Crippen LogP contribution in [-0.4, -0.2) is 17.2 Å². The van der Waals surface area contributed by atoms with Crippen molar-refractivity contribution in [2.24, 2.45) is 17.8 Å². The van der Waals surface area contributed by atoms with E-state index < -0.39 is 7.12 Å². The van der Waals surface area contributed by atoms with Crippen LogP contribution < -0.4 is 0 Å². The van der Waals surface area contributed by atoms with E-state index in [1.165, 1.54) is 33.4 Å². The van der Waals surface area contributed by atoms with Gasteiger partial charge in [-0.05, 0) is 38.9 Å². The van der Waals surface area contributed by atoms with Gasteiger partial charge in [-0.25, -0.2) is 0 Å². The molecule has 0 bridgehead atoms. The number of fused-ring (bicyclic) bond motifs is 4. The summed E-state index contributed by atoms with van der Waals surface area (Å²) in [5.41, 5.74) is 8.80. The average molecular weight is 376 g/mol. The summed E-state index contributed by atoms with van der Waals surface area (Å²) in [7, 11) is -1.41. The van der Waals surface area contributed by atoms with Gasteiger partial charge in [-0.1, -0.05) is 91.1 Å². The van der Waals surface area contributed by atoms with Crippen molar-refractivity contribution in [3.63, 3.8) is 0 Å². The van der Waals surface area contributed by atoms with E-state index in [0.717, 1.165) is 0 Å². The lowest BCUT2D eigenvalue weighted by molar-refractivity contribution is 0.419. The molecule has 6 rings (SSSR count). The molecule has 5 aliphatic carbocycles. The zero-order chi connectivity index (χ0) is 19.5. The van der Waals surface area contributed by atoms with Crippen molar-refractivity contribution >= 4 is 12.7 Å². The molecule has 0 aromatic heterocycles. The number of hydrogen-bond donors (Lipinski definition) is 2. The smallest absolute Gasteiger partial charge is 0.423 e. The van der Waals surface area contributed by atoms with Crippen molar-refractivity contribution < 1.29 is 10.0 Å². The molecule has 1 aromatic carbocycles. The maximum absolute atomic E-state index is 9.45. The Morgan fingerprint density at radius 3 is 2.55 bits per heavy atom. The van der Waals surface area contributed by atoms with Gasteiger partial charge >= 0.3 is 7.12 Å². The highest BCUT2D eigenvalue weighted by molar-refractivity contribution is 6.51. The quantitative estimate of drug-likeness (QED) is 0.749. The molecule has 0 saturated carbocycles. The second kappa shape index (κ2) is 6.31. The van der Waals surface area contributed by atoms with Gasteiger partial charge in [-0.2, -0.15) is 0 Å². The third kappa shape index (κ3) is 2.51. The van der Waals surface area contributed by atoms with E-state index >= 15 is 0 Å². The van der Waals surface area contributed by atoms with E-state index in [1.54, 1.807) is 0 Å². The molecule has 0 radical (unpaired) electrons. The minimum atomic E-state index is -1.41. The molecule has 0 fully saturated rings. The first-order valence-electron chi connectivity index (χ1n) is 10.3. The molecule has 0 spiro atoms. The summed E-state index contributed by atoms with van der Waals surface area (Å²) in [6.07, 6.45) is 24.0. The van der Waals surface area contributed by atoms with Crippen LogP contribution in [0.15, 0.2) is 113 Å². The number of rotatable bonds is 2.